The van der Waals surface area contributed by atoms with Gasteiger partial charge in [-0.25, -0.2) is 9.59 Å². The van der Waals surface area contributed by atoms with E-state index < -0.39 is 11.9 Å². The fraction of sp³-hybridized carbons (Fsp3) is 0.692. The van der Waals surface area contributed by atoms with Crippen molar-refractivity contribution in [2.45, 2.75) is 111 Å². The van der Waals surface area contributed by atoms with Crippen LogP contribution in [0.5, 0.6) is 0 Å². The summed E-state index contributed by atoms with van der Waals surface area (Å²) in [6.07, 6.45) is 15.8. The van der Waals surface area contributed by atoms with Crippen LogP contribution in [0.25, 0.3) is 0 Å². The van der Waals surface area contributed by atoms with Gasteiger partial charge in [-0.2, -0.15) is 0 Å². The van der Waals surface area contributed by atoms with E-state index in [1.807, 2.05) is 6.07 Å². The Hall–Kier alpha value is -1.84. The van der Waals surface area contributed by atoms with Crippen molar-refractivity contribution in [3.05, 3.63) is 34.4 Å². The topological polar surface area (TPSA) is 74.6 Å². The second kappa shape index (κ2) is 15.0. The van der Waals surface area contributed by atoms with Crippen molar-refractivity contribution < 1.29 is 19.8 Å². The predicted molar refractivity (Wildman–Crippen MR) is 124 cm³/mol. The van der Waals surface area contributed by atoms with Crippen molar-refractivity contribution >= 4 is 11.9 Å². The highest BCUT2D eigenvalue weighted by atomic mass is 16.4. The number of aryl methyl sites for hydroxylation is 1. The molecule has 0 aliphatic rings. The first-order valence-corrected chi connectivity index (χ1v) is 12.0. The average molecular weight is 419 g/mol. The van der Waals surface area contributed by atoms with Gasteiger partial charge in [-0.3, -0.25) is 0 Å². The standard InChI is InChI=1S/C26H42O4/c1-4-5-16-21-18-19-23(25(27)28)24(26(29)30)22(21)17-14-12-10-8-6-7-9-11-13-15-20(2)3/h18-20H,4-17H2,1-3H3,(H,27,28)(H,29,30). The van der Waals surface area contributed by atoms with Crippen molar-refractivity contribution in [3.63, 3.8) is 0 Å². The van der Waals surface area contributed by atoms with Crippen LogP contribution in [0.3, 0.4) is 0 Å². The van der Waals surface area contributed by atoms with Gasteiger partial charge in [0.15, 0.2) is 0 Å². The largest absolute Gasteiger partial charge is 0.478 e. The third kappa shape index (κ3) is 9.77. The van der Waals surface area contributed by atoms with Crippen LogP contribution in [0.1, 0.15) is 130 Å². The maximum Gasteiger partial charge on any atom is 0.336 e. The fourth-order valence-corrected chi connectivity index (χ4v) is 4.09. The van der Waals surface area contributed by atoms with E-state index in [1.54, 1.807) is 0 Å². The zero-order valence-electron chi connectivity index (χ0n) is 19.3. The van der Waals surface area contributed by atoms with Crippen molar-refractivity contribution in [2.75, 3.05) is 0 Å². The second-order valence-corrected chi connectivity index (χ2v) is 8.95. The van der Waals surface area contributed by atoms with Gasteiger partial charge in [0, 0.05) is 0 Å². The Kier molecular flexibility index (Phi) is 13.1. The Morgan fingerprint density at radius 3 is 1.83 bits per heavy atom. The molecule has 4 nitrogen and oxygen atoms in total. The Bertz CT molecular complexity index is 649. The molecule has 4 heteroatoms. The van der Waals surface area contributed by atoms with Crippen LogP contribution in [0.2, 0.25) is 0 Å². The third-order valence-corrected chi connectivity index (χ3v) is 5.86. The van der Waals surface area contributed by atoms with E-state index >= 15 is 0 Å². The van der Waals surface area contributed by atoms with Crippen molar-refractivity contribution in [2.24, 2.45) is 5.92 Å². The summed E-state index contributed by atoms with van der Waals surface area (Å²) in [6.45, 7) is 6.67. The molecule has 0 unspecified atom stereocenters. The summed E-state index contributed by atoms with van der Waals surface area (Å²) < 4.78 is 0. The monoisotopic (exact) mass is 418 g/mol. The number of hydrogen-bond donors (Lipinski definition) is 2. The van der Waals surface area contributed by atoms with Crippen LogP contribution < -0.4 is 0 Å². The molecule has 0 aromatic heterocycles. The van der Waals surface area contributed by atoms with E-state index in [-0.39, 0.29) is 11.1 Å². The van der Waals surface area contributed by atoms with E-state index in [0.29, 0.717) is 6.42 Å². The predicted octanol–water partition coefficient (Wildman–Crippen LogP) is 7.53. The molecule has 0 spiro atoms. The number of carboxylic acids is 2. The molecule has 2 N–H and O–H groups in total. The lowest BCUT2D eigenvalue weighted by Crippen LogP contribution is -2.14. The number of benzene rings is 1. The molecular weight excluding hydrogens is 376 g/mol. The molecule has 0 fully saturated rings. The number of unbranched alkanes of at least 4 members (excludes halogenated alkanes) is 9. The molecular formula is C26H42O4. The van der Waals surface area contributed by atoms with Gasteiger partial charge in [0.1, 0.15) is 0 Å². The minimum atomic E-state index is -1.16. The van der Waals surface area contributed by atoms with Gasteiger partial charge in [0.05, 0.1) is 11.1 Å². The minimum absolute atomic E-state index is 0.00231. The highest BCUT2D eigenvalue weighted by molar-refractivity contribution is 6.03. The number of carboxylic acid groups (broad SMARTS) is 2. The molecule has 0 heterocycles. The van der Waals surface area contributed by atoms with E-state index in [0.717, 1.165) is 55.6 Å². The molecule has 0 aliphatic heterocycles. The van der Waals surface area contributed by atoms with Crippen molar-refractivity contribution in [3.8, 4) is 0 Å². The Balaban J connectivity index is 2.50. The summed E-state index contributed by atoms with van der Waals surface area (Å²) in [5, 5.41) is 19.1. The highest BCUT2D eigenvalue weighted by Crippen LogP contribution is 2.24. The highest BCUT2D eigenvalue weighted by Gasteiger charge is 2.22. The third-order valence-electron chi connectivity index (χ3n) is 5.86. The lowest BCUT2D eigenvalue weighted by atomic mass is 9.89. The fourth-order valence-electron chi connectivity index (χ4n) is 4.09. The normalized spacial score (nSPS) is 11.2. The van der Waals surface area contributed by atoms with Gasteiger partial charge in [-0.05, 0) is 48.8 Å². The Morgan fingerprint density at radius 1 is 0.767 bits per heavy atom. The first-order valence-electron chi connectivity index (χ1n) is 12.0. The number of rotatable bonds is 17. The molecule has 0 saturated carbocycles. The molecule has 170 valence electrons. The van der Waals surface area contributed by atoms with Gasteiger partial charge in [-0.15, -0.1) is 0 Å². The SMILES string of the molecule is CCCCc1ccc(C(=O)O)c(C(=O)O)c1CCCCCCCCCCCC(C)C. The maximum absolute atomic E-state index is 11.8. The number of carbonyl (C=O) groups is 2. The second-order valence-electron chi connectivity index (χ2n) is 8.95. The van der Waals surface area contributed by atoms with Crippen LogP contribution in [0, 0.1) is 5.92 Å². The first-order chi connectivity index (χ1) is 14.4. The van der Waals surface area contributed by atoms with Crippen molar-refractivity contribution in [1.29, 1.82) is 0 Å². The first kappa shape index (κ1) is 26.2. The lowest BCUT2D eigenvalue weighted by molar-refractivity contribution is 0.0650. The van der Waals surface area contributed by atoms with Crippen LogP contribution in [0.4, 0.5) is 0 Å². The summed E-state index contributed by atoms with van der Waals surface area (Å²) in [7, 11) is 0. The molecule has 0 saturated heterocycles. The quantitative estimate of drug-likeness (QED) is 0.256. The van der Waals surface area contributed by atoms with Crippen LogP contribution in [-0.4, -0.2) is 22.2 Å². The van der Waals surface area contributed by atoms with Gasteiger partial charge in [0.25, 0.3) is 0 Å². The van der Waals surface area contributed by atoms with E-state index in [4.69, 9.17) is 0 Å². The van der Waals surface area contributed by atoms with Crippen LogP contribution >= 0.6 is 0 Å². The molecule has 0 aliphatic carbocycles. The zero-order chi connectivity index (χ0) is 22.4. The smallest absolute Gasteiger partial charge is 0.336 e. The van der Waals surface area contributed by atoms with Crippen LogP contribution in [0.15, 0.2) is 12.1 Å². The minimum Gasteiger partial charge on any atom is -0.478 e. The molecule has 0 bridgehead atoms. The molecule has 30 heavy (non-hydrogen) atoms. The summed E-state index contributed by atoms with van der Waals surface area (Å²) >= 11 is 0. The van der Waals surface area contributed by atoms with Gasteiger partial charge >= 0.3 is 11.9 Å². The van der Waals surface area contributed by atoms with E-state index in [9.17, 15) is 19.8 Å². The molecule has 1 rings (SSSR count). The molecule has 0 amide bonds. The van der Waals surface area contributed by atoms with Gasteiger partial charge in [0.2, 0.25) is 0 Å². The number of hydrogen-bond acceptors (Lipinski definition) is 2. The lowest BCUT2D eigenvalue weighted by Gasteiger charge is -2.15. The molecule has 0 radical (unpaired) electrons. The number of aromatic carboxylic acids is 2. The van der Waals surface area contributed by atoms with Gasteiger partial charge in [-0.1, -0.05) is 91.0 Å². The maximum atomic E-state index is 11.8. The Labute approximate surface area is 183 Å². The molecule has 1 aromatic rings. The summed E-state index contributed by atoms with van der Waals surface area (Å²) in [4.78, 5) is 23.3. The van der Waals surface area contributed by atoms with E-state index in [2.05, 4.69) is 20.8 Å². The summed E-state index contributed by atoms with van der Waals surface area (Å²) in [5.41, 5.74) is 1.65. The molecule has 0 atom stereocenters. The summed E-state index contributed by atoms with van der Waals surface area (Å²) in [5.74, 6) is -1.48. The van der Waals surface area contributed by atoms with Crippen molar-refractivity contribution in [1.82, 2.24) is 0 Å². The summed E-state index contributed by atoms with van der Waals surface area (Å²) in [6, 6.07) is 3.28. The van der Waals surface area contributed by atoms with Gasteiger partial charge < -0.3 is 10.2 Å². The van der Waals surface area contributed by atoms with Crippen LogP contribution in [-0.2, 0) is 12.8 Å². The zero-order valence-corrected chi connectivity index (χ0v) is 19.3. The molecule has 1 aromatic carbocycles. The Morgan fingerprint density at radius 2 is 1.33 bits per heavy atom. The van der Waals surface area contributed by atoms with E-state index in [1.165, 1.54) is 51.0 Å². The average Bonchev–Trinajstić information content (AvgIpc) is 2.69.